The van der Waals surface area contributed by atoms with Crippen molar-refractivity contribution >= 4 is 45.5 Å². The van der Waals surface area contributed by atoms with Gasteiger partial charge in [-0.3, -0.25) is 4.79 Å². The lowest BCUT2D eigenvalue weighted by atomic mass is 9.98. The van der Waals surface area contributed by atoms with E-state index < -0.39 is 12.0 Å². The van der Waals surface area contributed by atoms with E-state index in [1.807, 2.05) is 6.92 Å². The summed E-state index contributed by atoms with van der Waals surface area (Å²) in [6.45, 7) is 1.84. The maximum Gasteiger partial charge on any atom is 0.337 e. The fourth-order valence-electron chi connectivity index (χ4n) is 3.81. The minimum absolute atomic E-state index is 0.131. The first-order chi connectivity index (χ1) is 16.3. The Morgan fingerprint density at radius 1 is 1.21 bits per heavy atom. The molecule has 0 saturated carbocycles. The number of hydrogen-bond acceptors (Lipinski definition) is 6. The van der Waals surface area contributed by atoms with E-state index in [0.29, 0.717) is 49.9 Å². The zero-order chi connectivity index (χ0) is 24.4. The van der Waals surface area contributed by atoms with Gasteiger partial charge in [0, 0.05) is 46.7 Å². The second-order valence-corrected chi connectivity index (χ2v) is 8.23. The molecule has 1 heterocycles. The van der Waals surface area contributed by atoms with Gasteiger partial charge in [-0.05, 0) is 49.4 Å². The van der Waals surface area contributed by atoms with E-state index in [4.69, 9.17) is 21.4 Å². The Balaban J connectivity index is 1.83. The zero-order valence-corrected chi connectivity index (χ0v) is 19.2. The number of anilines is 1. The highest BCUT2D eigenvalue weighted by molar-refractivity contribution is 6.31. The molecule has 7 nitrogen and oxygen atoms in total. The van der Waals surface area contributed by atoms with E-state index in [1.165, 1.54) is 12.1 Å². The zero-order valence-electron chi connectivity index (χ0n) is 18.5. The Morgan fingerprint density at radius 2 is 1.97 bits per heavy atom. The number of rotatable bonds is 6. The minimum atomic E-state index is -1.05. The molecule has 4 rings (SSSR count). The van der Waals surface area contributed by atoms with Gasteiger partial charge in [0.2, 0.25) is 0 Å². The number of halogens is 1. The third kappa shape index (κ3) is 4.51. The van der Waals surface area contributed by atoms with Gasteiger partial charge in [-0.2, -0.15) is 0 Å². The van der Waals surface area contributed by atoms with Crippen LogP contribution in [0, 0.1) is 5.41 Å². The van der Waals surface area contributed by atoms with Gasteiger partial charge >= 0.3 is 5.97 Å². The number of benzene rings is 2. The quantitative estimate of drug-likeness (QED) is 0.379. The van der Waals surface area contributed by atoms with Gasteiger partial charge < -0.3 is 25.6 Å². The van der Waals surface area contributed by atoms with Gasteiger partial charge in [0.05, 0.1) is 22.7 Å². The lowest BCUT2D eigenvalue weighted by Crippen LogP contribution is -2.12. The van der Waals surface area contributed by atoms with Crippen LogP contribution < -0.4 is 16.1 Å². The molecule has 0 fully saturated rings. The molecule has 1 aromatic heterocycles. The fraction of sp³-hybridized carbons (Fsp3) is 0.115. The molecule has 1 aliphatic carbocycles. The van der Waals surface area contributed by atoms with Gasteiger partial charge in [0.1, 0.15) is 11.3 Å². The molecule has 0 amide bonds. The molecule has 1 atom stereocenters. The molecule has 8 heteroatoms. The van der Waals surface area contributed by atoms with Crippen molar-refractivity contribution in [1.29, 1.82) is 5.41 Å². The Hall–Kier alpha value is -4.10. The van der Waals surface area contributed by atoms with Gasteiger partial charge in [-0.15, -0.1) is 0 Å². The van der Waals surface area contributed by atoms with Crippen molar-refractivity contribution in [2.24, 2.45) is 0 Å². The van der Waals surface area contributed by atoms with Gasteiger partial charge in [0.25, 0.3) is 0 Å². The number of hydrogen-bond donors (Lipinski definition) is 4. The van der Waals surface area contributed by atoms with Crippen molar-refractivity contribution in [3.63, 3.8) is 0 Å². The van der Waals surface area contributed by atoms with Crippen molar-refractivity contribution in [3.05, 3.63) is 105 Å². The maximum absolute atomic E-state index is 13.0. The predicted octanol–water partition coefficient (Wildman–Crippen LogP) is 5.39. The summed E-state index contributed by atoms with van der Waals surface area (Å²) in [7, 11) is 1.75. The van der Waals surface area contributed by atoms with Crippen LogP contribution in [0.5, 0.6) is 0 Å². The van der Waals surface area contributed by atoms with E-state index in [1.54, 1.807) is 61.8 Å². The molecule has 1 aliphatic rings. The molecule has 2 aromatic carbocycles. The Labute approximate surface area is 200 Å². The SMILES string of the molecule is CN/C=C1/C=C(c2cc(=O)c3cc(Cl)cc(C(C)Nc4ccccc4C(=O)O)c3o2)C=CC1=N. The molecule has 0 spiro atoms. The monoisotopic (exact) mass is 475 g/mol. The highest BCUT2D eigenvalue weighted by Crippen LogP contribution is 2.32. The predicted molar refractivity (Wildman–Crippen MR) is 135 cm³/mol. The molecule has 34 heavy (non-hydrogen) atoms. The van der Waals surface area contributed by atoms with Crippen molar-refractivity contribution < 1.29 is 14.3 Å². The third-order valence-corrected chi connectivity index (χ3v) is 5.67. The second-order valence-electron chi connectivity index (χ2n) is 7.80. The molecule has 1 unspecified atom stereocenters. The number of nitrogens with one attached hydrogen (secondary N) is 3. The number of allylic oxidation sites excluding steroid dienone is 5. The number of fused-ring (bicyclic) bond motifs is 1. The van der Waals surface area contributed by atoms with E-state index in [9.17, 15) is 14.7 Å². The lowest BCUT2D eigenvalue weighted by Gasteiger charge is -2.19. The topological polar surface area (TPSA) is 115 Å². The first-order valence-electron chi connectivity index (χ1n) is 10.5. The van der Waals surface area contributed by atoms with Gasteiger partial charge in [-0.1, -0.05) is 23.7 Å². The van der Waals surface area contributed by atoms with Crippen LogP contribution in [0.2, 0.25) is 5.02 Å². The number of carboxylic acids is 1. The first-order valence-corrected chi connectivity index (χ1v) is 10.9. The summed E-state index contributed by atoms with van der Waals surface area (Å²) in [5, 5.41) is 24.3. The fourth-order valence-corrected chi connectivity index (χ4v) is 4.04. The molecule has 0 bridgehead atoms. The summed E-state index contributed by atoms with van der Waals surface area (Å²) in [5.74, 6) is -0.697. The van der Waals surface area contributed by atoms with Crippen LogP contribution in [0.3, 0.4) is 0 Å². The van der Waals surface area contributed by atoms with E-state index >= 15 is 0 Å². The summed E-state index contributed by atoms with van der Waals surface area (Å²) in [5.41, 5.74) is 2.91. The van der Waals surface area contributed by atoms with Crippen LogP contribution in [0.1, 0.15) is 34.6 Å². The molecule has 4 N–H and O–H groups in total. The molecule has 0 radical (unpaired) electrons. The van der Waals surface area contributed by atoms with E-state index in [0.717, 1.165) is 0 Å². The van der Waals surface area contributed by atoms with Gasteiger partial charge in [0.15, 0.2) is 5.43 Å². The van der Waals surface area contributed by atoms with Crippen LogP contribution in [-0.4, -0.2) is 23.8 Å². The van der Waals surface area contributed by atoms with Gasteiger partial charge in [-0.25, -0.2) is 4.79 Å². The summed E-state index contributed by atoms with van der Waals surface area (Å²) in [6.07, 6.45) is 6.82. The van der Waals surface area contributed by atoms with Crippen molar-refractivity contribution in [2.45, 2.75) is 13.0 Å². The largest absolute Gasteiger partial charge is 0.478 e. The first kappa shape index (κ1) is 23.1. The van der Waals surface area contributed by atoms with Crippen LogP contribution in [0.25, 0.3) is 16.5 Å². The van der Waals surface area contributed by atoms with Crippen molar-refractivity contribution in [3.8, 4) is 0 Å². The van der Waals surface area contributed by atoms with Crippen molar-refractivity contribution in [2.75, 3.05) is 12.4 Å². The standard InChI is InChI=1S/C26H22ClN3O4/c1-14(30-22-6-4-3-5-18(22)26(32)33)19-10-17(27)11-20-23(31)12-24(34-25(19)20)15-7-8-21(28)16(9-15)13-29-2/h3-14,28-30H,1-2H3,(H,32,33)/b16-13-,28-21?. The molecule has 0 aliphatic heterocycles. The average molecular weight is 476 g/mol. The third-order valence-electron chi connectivity index (χ3n) is 5.45. The van der Waals surface area contributed by atoms with Crippen LogP contribution in [-0.2, 0) is 0 Å². The molecule has 172 valence electrons. The number of carboxylic acid groups (broad SMARTS) is 1. The molecule has 3 aromatic rings. The highest BCUT2D eigenvalue weighted by Gasteiger charge is 2.19. The summed E-state index contributed by atoms with van der Waals surface area (Å²) >= 11 is 6.32. The minimum Gasteiger partial charge on any atom is -0.478 e. The van der Waals surface area contributed by atoms with E-state index in [2.05, 4.69) is 10.6 Å². The molecule has 0 saturated heterocycles. The summed E-state index contributed by atoms with van der Waals surface area (Å²) in [6, 6.07) is 10.8. The van der Waals surface area contributed by atoms with Crippen molar-refractivity contribution in [1.82, 2.24) is 5.32 Å². The highest BCUT2D eigenvalue weighted by atomic mass is 35.5. The Morgan fingerprint density at radius 3 is 2.71 bits per heavy atom. The lowest BCUT2D eigenvalue weighted by molar-refractivity contribution is 0.0698. The number of para-hydroxylation sites is 1. The summed E-state index contributed by atoms with van der Waals surface area (Å²) in [4.78, 5) is 24.6. The Kier molecular flexibility index (Phi) is 6.38. The van der Waals surface area contributed by atoms with E-state index in [-0.39, 0.29) is 11.0 Å². The van der Waals surface area contributed by atoms with Crippen LogP contribution in [0.4, 0.5) is 5.69 Å². The maximum atomic E-state index is 13.0. The molecular weight excluding hydrogens is 454 g/mol. The number of aromatic carboxylic acids is 1. The summed E-state index contributed by atoms with van der Waals surface area (Å²) < 4.78 is 6.21. The number of carbonyl (C=O) groups is 1. The molecular formula is C26H22ClN3O4. The second kappa shape index (κ2) is 9.41. The normalized spacial score (nSPS) is 15.3. The average Bonchev–Trinajstić information content (AvgIpc) is 2.80. The van der Waals surface area contributed by atoms with Crippen LogP contribution >= 0.6 is 11.6 Å². The Bertz CT molecular complexity index is 1470. The van der Waals surface area contributed by atoms with Crippen LogP contribution in [0.15, 0.2) is 81.7 Å². The smallest absolute Gasteiger partial charge is 0.337 e.